The maximum absolute atomic E-state index is 14.9. The third kappa shape index (κ3) is 4.96. The Morgan fingerprint density at radius 3 is 2.74 bits per heavy atom. The van der Waals surface area contributed by atoms with Crippen molar-refractivity contribution in [2.24, 2.45) is 0 Å². The fourth-order valence-electron chi connectivity index (χ4n) is 4.27. The second-order valence-electron chi connectivity index (χ2n) is 8.08. The van der Waals surface area contributed by atoms with Crippen LogP contribution in [0.5, 0.6) is 5.75 Å². The maximum Gasteiger partial charge on any atom is 0.258 e. The molecular weight excluding hydrogens is 417 g/mol. The van der Waals surface area contributed by atoms with Gasteiger partial charge in [0.15, 0.2) is 0 Å². The molecule has 168 valence electrons. The molecule has 31 heavy (non-hydrogen) atoms. The van der Waals surface area contributed by atoms with Gasteiger partial charge in [-0.3, -0.25) is 4.79 Å². The van der Waals surface area contributed by atoms with Crippen molar-refractivity contribution < 1.29 is 13.9 Å². The summed E-state index contributed by atoms with van der Waals surface area (Å²) < 4.78 is 20.7. The first-order chi connectivity index (χ1) is 14.6. The van der Waals surface area contributed by atoms with Crippen molar-refractivity contribution in [3.8, 4) is 5.75 Å². The van der Waals surface area contributed by atoms with Crippen molar-refractivity contribution in [3.05, 3.63) is 53.3 Å². The Kier molecular flexibility index (Phi) is 7.79. The molecule has 7 heteroatoms. The number of hydrogen-bond donors (Lipinski definition) is 1. The molecule has 2 aliphatic heterocycles. The van der Waals surface area contributed by atoms with Gasteiger partial charge < -0.3 is 19.9 Å². The summed E-state index contributed by atoms with van der Waals surface area (Å²) in [6.07, 6.45) is 3.83. The third-order valence-electron chi connectivity index (χ3n) is 6.10. The number of nitrogens with one attached hydrogen (secondary N) is 1. The monoisotopic (exact) mass is 447 g/mol. The summed E-state index contributed by atoms with van der Waals surface area (Å²) in [6.45, 7) is 4.98. The van der Waals surface area contributed by atoms with Crippen LogP contribution >= 0.6 is 12.4 Å². The highest BCUT2D eigenvalue weighted by molar-refractivity contribution is 6.08. The van der Waals surface area contributed by atoms with E-state index in [0.717, 1.165) is 50.1 Å². The van der Waals surface area contributed by atoms with Crippen LogP contribution in [0.1, 0.15) is 42.1 Å². The summed E-state index contributed by atoms with van der Waals surface area (Å²) in [5, 5.41) is 3.25. The van der Waals surface area contributed by atoms with E-state index < -0.39 is 0 Å². The molecule has 0 bridgehead atoms. The molecule has 2 aliphatic rings. The summed E-state index contributed by atoms with van der Waals surface area (Å²) >= 11 is 0. The van der Waals surface area contributed by atoms with Crippen molar-refractivity contribution in [3.63, 3.8) is 0 Å². The maximum atomic E-state index is 14.9. The Balaban J connectivity index is 0.00000272. The third-order valence-corrected chi connectivity index (χ3v) is 6.10. The average Bonchev–Trinajstić information content (AvgIpc) is 3.23. The van der Waals surface area contributed by atoms with E-state index in [-0.39, 0.29) is 24.1 Å². The standard InChI is InChI=1S/C24H30FN3O2.ClH/c1-3-4-13-30-20-6-7-21-17(14-20)9-12-28(24(21)29)19-5-8-23(22(25)15-19)27-11-10-18(16-27)26-2;/h5-8,14-15,18,26H,3-4,9-13,16H2,1-2H3;1H/t18-;/m1./s1. The molecule has 4 rings (SSSR count). The van der Waals surface area contributed by atoms with Crippen molar-refractivity contribution >= 4 is 29.7 Å². The largest absolute Gasteiger partial charge is 0.494 e. The predicted octanol–water partition coefficient (Wildman–Crippen LogP) is 4.43. The van der Waals surface area contributed by atoms with Crippen LogP contribution in [0.4, 0.5) is 15.8 Å². The van der Waals surface area contributed by atoms with Crippen LogP contribution in [-0.4, -0.2) is 45.2 Å². The minimum atomic E-state index is -0.275. The van der Waals surface area contributed by atoms with Crippen LogP contribution in [0.15, 0.2) is 36.4 Å². The number of unbranched alkanes of at least 4 members (excludes halogenated alkanes) is 1. The first-order valence-electron chi connectivity index (χ1n) is 10.9. The highest BCUT2D eigenvalue weighted by Gasteiger charge is 2.28. The first kappa shape index (κ1) is 23.4. The van der Waals surface area contributed by atoms with Crippen LogP contribution < -0.4 is 19.9 Å². The number of carbonyl (C=O) groups excluding carboxylic acids is 1. The predicted molar refractivity (Wildman–Crippen MR) is 126 cm³/mol. The summed E-state index contributed by atoms with van der Waals surface area (Å²) in [6, 6.07) is 11.2. The number of rotatable bonds is 7. The number of fused-ring (bicyclic) bond motifs is 1. The van der Waals surface area contributed by atoms with Gasteiger partial charge in [-0.05, 0) is 68.3 Å². The molecule has 1 saturated heterocycles. The molecule has 0 radical (unpaired) electrons. The van der Waals surface area contributed by atoms with Crippen LogP contribution in [0, 0.1) is 5.82 Å². The van der Waals surface area contributed by atoms with E-state index in [4.69, 9.17) is 4.74 Å². The van der Waals surface area contributed by atoms with Gasteiger partial charge in [-0.15, -0.1) is 12.4 Å². The Labute approximate surface area is 190 Å². The summed E-state index contributed by atoms with van der Waals surface area (Å²) in [7, 11) is 1.94. The van der Waals surface area contributed by atoms with Crippen LogP contribution in [-0.2, 0) is 6.42 Å². The van der Waals surface area contributed by atoms with Crippen molar-refractivity contribution in [1.29, 1.82) is 0 Å². The Morgan fingerprint density at radius 1 is 1.19 bits per heavy atom. The zero-order chi connectivity index (χ0) is 21.1. The number of halogens is 2. The Morgan fingerprint density at radius 2 is 2.03 bits per heavy atom. The van der Waals surface area contributed by atoms with E-state index in [9.17, 15) is 9.18 Å². The number of likely N-dealkylation sites (N-methyl/N-ethyl adjacent to an activating group) is 1. The molecule has 0 saturated carbocycles. The summed E-state index contributed by atoms with van der Waals surface area (Å²) in [5.74, 6) is 0.451. The molecule has 1 fully saturated rings. The minimum Gasteiger partial charge on any atom is -0.494 e. The number of carbonyl (C=O) groups is 1. The molecule has 2 heterocycles. The quantitative estimate of drug-likeness (QED) is 0.638. The van der Waals surface area contributed by atoms with Gasteiger partial charge in [-0.25, -0.2) is 4.39 Å². The number of amides is 1. The molecule has 2 aromatic rings. The van der Waals surface area contributed by atoms with Gasteiger partial charge in [0, 0.05) is 36.9 Å². The highest BCUT2D eigenvalue weighted by Crippen LogP contribution is 2.31. The summed E-state index contributed by atoms with van der Waals surface area (Å²) in [5.41, 5.74) is 2.89. The lowest BCUT2D eigenvalue weighted by Crippen LogP contribution is -2.37. The van der Waals surface area contributed by atoms with Crippen molar-refractivity contribution in [2.45, 2.75) is 38.6 Å². The Hall–Kier alpha value is -2.31. The van der Waals surface area contributed by atoms with Crippen LogP contribution in [0.25, 0.3) is 0 Å². The highest BCUT2D eigenvalue weighted by atomic mass is 35.5. The van der Waals surface area contributed by atoms with Gasteiger partial charge in [0.25, 0.3) is 5.91 Å². The van der Waals surface area contributed by atoms with Crippen molar-refractivity contribution in [2.75, 3.05) is 43.1 Å². The molecule has 0 aliphatic carbocycles. The first-order valence-corrected chi connectivity index (χ1v) is 10.9. The molecule has 0 unspecified atom stereocenters. The number of hydrogen-bond acceptors (Lipinski definition) is 4. The van der Waals surface area contributed by atoms with E-state index in [2.05, 4.69) is 17.1 Å². The second-order valence-corrected chi connectivity index (χ2v) is 8.08. The van der Waals surface area contributed by atoms with Gasteiger partial charge in [-0.1, -0.05) is 13.3 Å². The molecule has 0 spiro atoms. The average molecular weight is 448 g/mol. The van der Waals surface area contributed by atoms with E-state index >= 15 is 0 Å². The van der Waals surface area contributed by atoms with E-state index in [1.54, 1.807) is 11.0 Å². The lowest BCUT2D eigenvalue weighted by molar-refractivity contribution is 0.0980. The van der Waals surface area contributed by atoms with Crippen LogP contribution in [0.2, 0.25) is 0 Å². The molecule has 0 aromatic heterocycles. The lowest BCUT2D eigenvalue weighted by Gasteiger charge is -2.29. The SMILES string of the molecule is CCCCOc1ccc2c(c1)CCN(c1ccc(N3CC[C@@H](NC)C3)c(F)c1)C2=O.Cl. The molecule has 1 atom stereocenters. The minimum absolute atomic E-state index is 0. The molecule has 2 aromatic carbocycles. The number of ether oxygens (including phenoxy) is 1. The van der Waals surface area contributed by atoms with Gasteiger partial charge in [-0.2, -0.15) is 0 Å². The Bertz CT molecular complexity index is 924. The van der Waals surface area contributed by atoms with Gasteiger partial charge in [0.2, 0.25) is 0 Å². The van der Waals surface area contributed by atoms with E-state index in [1.165, 1.54) is 6.07 Å². The summed E-state index contributed by atoms with van der Waals surface area (Å²) in [4.78, 5) is 16.8. The molecular formula is C24H31ClFN3O2. The fraction of sp³-hybridized carbons (Fsp3) is 0.458. The number of anilines is 2. The number of benzene rings is 2. The zero-order valence-electron chi connectivity index (χ0n) is 18.2. The van der Waals surface area contributed by atoms with Gasteiger partial charge in [0.05, 0.1) is 12.3 Å². The lowest BCUT2D eigenvalue weighted by atomic mass is 9.98. The molecule has 1 N–H and O–H groups in total. The van der Waals surface area contributed by atoms with E-state index in [0.29, 0.717) is 36.1 Å². The van der Waals surface area contributed by atoms with E-state index in [1.807, 2.05) is 31.3 Å². The van der Waals surface area contributed by atoms with Gasteiger partial charge >= 0.3 is 0 Å². The normalized spacial score (nSPS) is 18.0. The van der Waals surface area contributed by atoms with Gasteiger partial charge in [0.1, 0.15) is 11.6 Å². The van der Waals surface area contributed by atoms with Crippen molar-refractivity contribution in [1.82, 2.24) is 5.32 Å². The van der Waals surface area contributed by atoms with Crippen LogP contribution in [0.3, 0.4) is 0 Å². The fourth-order valence-corrected chi connectivity index (χ4v) is 4.27. The molecule has 5 nitrogen and oxygen atoms in total. The second kappa shape index (κ2) is 10.3. The zero-order valence-corrected chi connectivity index (χ0v) is 19.0. The topological polar surface area (TPSA) is 44.8 Å². The molecule has 1 amide bonds. The smallest absolute Gasteiger partial charge is 0.258 e. The number of nitrogens with zero attached hydrogens (tertiary/aromatic N) is 2.